The lowest BCUT2D eigenvalue weighted by Crippen LogP contribution is -2.18. The molecule has 2 aromatic carbocycles. The third-order valence-corrected chi connectivity index (χ3v) is 3.79. The van der Waals surface area contributed by atoms with Gasteiger partial charge in [0.05, 0.1) is 6.42 Å². The Morgan fingerprint density at radius 1 is 1.19 bits per heavy atom. The van der Waals surface area contributed by atoms with Crippen LogP contribution in [-0.4, -0.2) is 5.97 Å². The van der Waals surface area contributed by atoms with Crippen molar-refractivity contribution in [3.8, 4) is 11.5 Å². The number of fused-ring (bicyclic) bond motifs is 1. The average molecular weight is 282 g/mol. The number of hydrogen-bond acceptors (Lipinski definition) is 3. The highest BCUT2D eigenvalue weighted by molar-refractivity contribution is 5.76. The standard InChI is InChI=1S/C18H18O3/c1-12-10-18(19)21-17-11-15(8-9-16(12)17)20-13(2)14-6-4-3-5-7-14/h3-9,11-13H,10H2,1-2H3. The molecule has 0 saturated heterocycles. The highest BCUT2D eigenvalue weighted by Crippen LogP contribution is 2.37. The number of carbonyl (C=O) groups excluding carboxylic acids is 1. The Bertz CT molecular complexity index is 649. The Hall–Kier alpha value is -2.29. The van der Waals surface area contributed by atoms with Crippen LogP contribution >= 0.6 is 0 Å². The number of rotatable bonds is 3. The minimum atomic E-state index is -0.178. The van der Waals surface area contributed by atoms with E-state index in [9.17, 15) is 4.79 Å². The number of ether oxygens (including phenoxy) is 2. The third kappa shape index (κ3) is 2.92. The van der Waals surface area contributed by atoms with E-state index in [2.05, 4.69) is 0 Å². The van der Waals surface area contributed by atoms with Crippen molar-refractivity contribution in [1.29, 1.82) is 0 Å². The zero-order valence-electron chi connectivity index (χ0n) is 12.2. The lowest BCUT2D eigenvalue weighted by Gasteiger charge is -2.23. The molecule has 0 aliphatic carbocycles. The molecule has 1 aliphatic heterocycles. The quantitative estimate of drug-likeness (QED) is 0.624. The van der Waals surface area contributed by atoms with Crippen LogP contribution in [0.15, 0.2) is 48.5 Å². The van der Waals surface area contributed by atoms with E-state index in [1.54, 1.807) is 0 Å². The van der Waals surface area contributed by atoms with Crippen LogP contribution < -0.4 is 9.47 Å². The second-order valence-electron chi connectivity index (χ2n) is 5.45. The van der Waals surface area contributed by atoms with E-state index in [0.717, 1.165) is 11.1 Å². The Morgan fingerprint density at radius 3 is 2.71 bits per heavy atom. The Labute approximate surface area is 124 Å². The Kier molecular flexibility index (Phi) is 3.65. The van der Waals surface area contributed by atoms with Crippen molar-refractivity contribution in [2.24, 2.45) is 0 Å². The van der Waals surface area contributed by atoms with Crippen LogP contribution in [0.3, 0.4) is 0 Å². The maximum atomic E-state index is 11.5. The summed E-state index contributed by atoms with van der Waals surface area (Å²) < 4.78 is 11.3. The summed E-state index contributed by atoms with van der Waals surface area (Å²) in [6.45, 7) is 4.04. The van der Waals surface area contributed by atoms with Gasteiger partial charge >= 0.3 is 5.97 Å². The lowest BCUT2D eigenvalue weighted by atomic mass is 9.95. The summed E-state index contributed by atoms with van der Waals surface area (Å²) in [5, 5.41) is 0. The van der Waals surface area contributed by atoms with Gasteiger partial charge in [0.25, 0.3) is 0 Å². The van der Waals surface area contributed by atoms with Crippen molar-refractivity contribution in [1.82, 2.24) is 0 Å². The number of hydrogen-bond donors (Lipinski definition) is 0. The predicted molar refractivity (Wildman–Crippen MR) is 80.6 cm³/mol. The van der Waals surface area contributed by atoms with Crippen LogP contribution in [0.25, 0.3) is 0 Å². The van der Waals surface area contributed by atoms with E-state index < -0.39 is 0 Å². The summed E-state index contributed by atoms with van der Waals surface area (Å²) in [7, 11) is 0. The first-order valence-electron chi connectivity index (χ1n) is 7.19. The zero-order valence-corrected chi connectivity index (χ0v) is 12.2. The molecule has 3 heteroatoms. The molecule has 0 aromatic heterocycles. The second-order valence-corrected chi connectivity index (χ2v) is 5.45. The van der Waals surface area contributed by atoms with Gasteiger partial charge in [-0.05, 0) is 30.0 Å². The van der Waals surface area contributed by atoms with Gasteiger partial charge < -0.3 is 9.47 Å². The lowest BCUT2D eigenvalue weighted by molar-refractivity contribution is -0.135. The van der Waals surface area contributed by atoms with Crippen LogP contribution in [0.4, 0.5) is 0 Å². The number of benzene rings is 2. The van der Waals surface area contributed by atoms with Crippen molar-refractivity contribution in [2.75, 3.05) is 0 Å². The molecule has 3 rings (SSSR count). The fraction of sp³-hybridized carbons (Fsp3) is 0.278. The summed E-state index contributed by atoms with van der Waals surface area (Å²) in [6.07, 6.45) is 0.383. The SMILES string of the molecule is CC1CC(=O)Oc2cc(OC(C)c3ccccc3)ccc21. The molecular weight excluding hydrogens is 264 g/mol. The van der Waals surface area contributed by atoms with Gasteiger partial charge in [-0.25, -0.2) is 0 Å². The summed E-state index contributed by atoms with van der Waals surface area (Å²) in [4.78, 5) is 11.5. The molecule has 2 unspecified atom stereocenters. The van der Waals surface area contributed by atoms with Crippen LogP contribution in [0.2, 0.25) is 0 Å². The van der Waals surface area contributed by atoms with Gasteiger partial charge in [0.1, 0.15) is 17.6 Å². The molecule has 0 bridgehead atoms. The van der Waals surface area contributed by atoms with Crippen molar-refractivity contribution < 1.29 is 14.3 Å². The predicted octanol–water partition coefficient (Wildman–Crippen LogP) is 4.24. The fourth-order valence-corrected chi connectivity index (χ4v) is 2.60. The van der Waals surface area contributed by atoms with Gasteiger partial charge in [-0.3, -0.25) is 4.79 Å². The first-order chi connectivity index (χ1) is 10.1. The van der Waals surface area contributed by atoms with Crippen molar-refractivity contribution in [3.05, 3.63) is 59.7 Å². The molecule has 3 nitrogen and oxygen atoms in total. The molecule has 108 valence electrons. The third-order valence-electron chi connectivity index (χ3n) is 3.79. The maximum Gasteiger partial charge on any atom is 0.311 e. The van der Waals surface area contributed by atoms with Gasteiger partial charge in [-0.1, -0.05) is 43.3 Å². The van der Waals surface area contributed by atoms with E-state index in [4.69, 9.17) is 9.47 Å². The highest BCUT2D eigenvalue weighted by atomic mass is 16.5. The number of carbonyl (C=O) groups is 1. The van der Waals surface area contributed by atoms with E-state index in [1.165, 1.54) is 0 Å². The second kappa shape index (κ2) is 5.60. The maximum absolute atomic E-state index is 11.5. The molecule has 1 aliphatic rings. The molecule has 21 heavy (non-hydrogen) atoms. The van der Waals surface area contributed by atoms with E-state index in [-0.39, 0.29) is 18.0 Å². The first-order valence-corrected chi connectivity index (χ1v) is 7.19. The largest absolute Gasteiger partial charge is 0.486 e. The van der Waals surface area contributed by atoms with Gasteiger partial charge in [-0.15, -0.1) is 0 Å². The summed E-state index contributed by atoms with van der Waals surface area (Å²) in [5.41, 5.74) is 2.18. The van der Waals surface area contributed by atoms with Gasteiger partial charge in [-0.2, -0.15) is 0 Å². The van der Waals surface area contributed by atoms with Crippen LogP contribution in [0.1, 0.15) is 43.4 Å². The van der Waals surface area contributed by atoms with Gasteiger partial charge in [0.2, 0.25) is 0 Å². The molecule has 0 fully saturated rings. The molecule has 0 spiro atoms. The molecule has 2 atom stereocenters. The minimum absolute atomic E-state index is 0.0547. The Balaban J connectivity index is 1.81. The molecule has 1 heterocycles. The summed E-state index contributed by atoms with van der Waals surface area (Å²) >= 11 is 0. The summed E-state index contributed by atoms with van der Waals surface area (Å²) in [6, 6.07) is 15.8. The molecule has 0 radical (unpaired) electrons. The monoisotopic (exact) mass is 282 g/mol. The minimum Gasteiger partial charge on any atom is -0.486 e. The van der Waals surface area contributed by atoms with Crippen molar-refractivity contribution >= 4 is 5.97 Å². The topological polar surface area (TPSA) is 35.5 Å². The van der Waals surface area contributed by atoms with Gasteiger partial charge in [0.15, 0.2) is 0 Å². The zero-order chi connectivity index (χ0) is 14.8. The molecule has 0 amide bonds. The van der Waals surface area contributed by atoms with Crippen LogP contribution in [-0.2, 0) is 4.79 Å². The number of esters is 1. The van der Waals surface area contributed by atoms with Crippen molar-refractivity contribution in [2.45, 2.75) is 32.3 Å². The smallest absolute Gasteiger partial charge is 0.311 e. The fourth-order valence-electron chi connectivity index (χ4n) is 2.60. The first kappa shape index (κ1) is 13.7. The summed E-state index contributed by atoms with van der Waals surface area (Å²) in [5.74, 6) is 1.36. The molecular formula is C18H18O3. The average Bonchev–Trinajstić information content (AvgIpc) is 2.47. The van der Waals surface area contributed by atoms with E-state index >= 15 is 0 Å². The van der Waals surface area contributed by atoms with Gasteiger partial charge in [0, 0.05) is 6.07 Å². The normalized spacial score (nSPS) is 18.6. The molecule has 2 aromatic rings. The Morgan fingerprint density at radius 2 is 1.95 bits per heavy atom. The van der Waals surface area contributed by atoms with E-state index in [1.807, 2.05) is 62.4 Å². The molecule has 0 saturated carbocycles. The highest BCUT2D eigenvalue weighted by Gasteiger charge is 2.24. The van der Waals surface area contributed by atoms with Crippen LogP contribution in [0.5, 0.6) is 11.5 Å². The molecule has 0 N–H and O–H groups in total. The van der Waals surface area contributed by atoms with Crippen molar-refractivity contribution in [3.63, 3.8) is 0 Å². The van der Waals surface area contributed by atoms with E-state index in [0.29, 0.717) is 17.9 Å². The van der Waals surface area contributed by atoms with Crippen LogP contribution in [0, 0.1) is 0 Å².